The molecule has 0 spiro atoms. The highest BCUT2D eigenvalue weighted by atomic mass is 32.1. The minimum Gasteiger partial charge on any atom is -0.381 e. The first-order valence-corrected chi connectivity index (χ1v) is 4.19. The van der Waals surface area contributed by atoms with E-state index in [4.69, 9.17) is 5.11 Å². The largest absolute Gasteiger partial charge is 0.381 e. The number of alkyl halides is 2. The maximum Gasteiger partial charge on any atom is 0.296 e. The Morgan fingerprint density at radius 2 is 2.33 bits per heavy atom. The first-order valence-electron chi connectivity index (χ1n) is 3.31. The first-order chi connectivity index (χ1) is 5.58. The highest BCUT2D eigenvalue weighted by Crippen LogP contribution is 2.34. The molecule has 1 unspecified atom stereocenters. The second kappa shape index (κ2) is 3.33. The van der Waals surface area contributed by atoms with Crippen LogP contribution < -0.4 is 0 Å². The third-order valence-electron chi connectivity index (χ3n) is 1.45. The van der Waals surface area contributed by atoms with E-state index in [0.29, 0.717) is 6.08 Å². The van der Waals surface area contributed by atoms with Crippen molar-refractivity contribution in [1.82, 2.24) is 0 Å². The van der Waals surface area contributed by atoms with Crippen LogP contribution in [0.2, 0.25) is 0 Å². The first kappa shape index (κ1) is 9.35. The fourth-order valence-electron chi connectivity index (χ4n) is 0.748. The summed E-state index contributed by atoms with van der Waals surface area (Å²) in [5, 5.41) is 10.8. The lowest BCUT2D eigenvalue weighted by Gasteiger charge is -2.16. The van der Waals surface area contributed by atoms with Crippen LogP contribution in [0.1, 0.15) is 11.0 Å². The number of rotatable bonds is 3. The Bertz CT molecular complexity index is 256. The van der Waals surface area contributed by atoms with Gasteiger partial charge in [-0.25, -0.2) is 0 Å². The molecule has 0 bridgehead atoms. The molecular weight excluding hydrogens is 182 g/mol. The molecule has 12 heavy (non-hydrogen) atoms. The molecule has 0 aliphatic rings. The lowest BCUT2D eigenvalue weighted by molar-refractivity contribution is -0.0695. The Kier molecular flexibility index (Phi) is 2.59. The quantitative estimate of drug-likeness (QED) is 0.726. The van der Waals surface area contributed by atoms with Gasteiger partial charge in [0.1, 0.15) is 0 Å². The molecule has 1 atom stereocenters. The molecular formula is C8H8F2OS. The van der Waals surface area contributed by atoms with Crippen LogP contribution in [0, 0.1) is 0 Å². The highest BCUT2D eigenvalue weighted by molar-refractivity contribution is 7.10. The van der Waals surface area contributed by atoms with Crippen LogP contribution in [-0.2, 0) is 0 Å². The van der Waals surface area contributed by atoms with Crippen molar-refractivity contribution >= 4 is 11.3 Å². The van der Waals surface area contributed by atoms with E-state index < -0.39 is 12.0 Å². The molecule has 1 nitrogen and oxygen atoms in total. The minimum absolute atomic E-state index is 0.250. The Balaban J connectivity index is 2.85. The van der Waals surface area contributed by atoms with Crippen molar-refractivity contribution in [2.75, 3.05) is 0 Å². The summed E-state index contributed by atoms with van der Waals surface area (Å²) >= 11 is 1.10. The Labute approximate surface area is 73.0 Å². The molecule has 0 fully saturated rings. The normalized spacial score (nSPS) is 14.2. The van der Waals surface area contributed by atoms with E-state index in [0.717, 1.165) is 11.3 Å². The predicted molar refractivity (Wildman–Crippen MR) is 44.4 cm³/mol. The molecule has 0 radical (unpaired) electrons. The van der Waals surface area contributed by atoms with Crippen molar-refractivity contribution in [3.63, 3.8) is 0 Å². The molecule has 0 amide bonds. The van der Waals surface area contributed by atoms with Crippen molar-refractivity contribution in [2.45, 2.75) is 12.0 Å². The minimum atomic E-state index is -3.25. The average molecular weight is 190 g/mol. The van der Waals surface area contributed by atoms with Gasteiger partial charge in [-0.2, -0.15) is 8.78 Å². The van der Waals surface area contributed by atoms with Crippen LogP contribution in [0.3, 0.4) is 0 Å². The van der Waals surface area contributed by atoms with E-state index in [1.165, 1.54) is 6.07 Å². The smallest absolute Gasteiger partial charge is 0.296 e. The molecule has 0 aliphatic heterocycles. The Hall–Kier alpha value is -0.740. The van der Waals surface area contributed by atoms with Gasteiger partial charge in [0.2, 0.25) is 0 Å². The summed E-state index contributed by atoms with van der Waals surface area (Å²) in [7, 11) is 0. The van der Waals surface area contributed by atoms with Crippen molar-refractivity contribution in [1.29, 1.82) is 0 Å². The average Bonchev–Trinajstić information content (AvgIpc) is 2.55. The van der Waals surface area contributed by atoms with Crippen LogP contribution in [0.15, 0.2) is 30.2 Å². The fraction of sp³-hybridized carbons (Fsp3) is 0.250. The molecule has 66 valence electrons. The fourth-order valence-corrected chi connectivity index (χ4v) is 1.51. The van der Waals surface area contributed by atoms with Crippen molar-refractivity contribution in [3.05, 3.63) is 35.0 Å². The zero-order chi connectivity index (χ0) is 9.19. The second-order valence-electron chi connectivity index (χ2n) is 2.30. The van der Waals surface area contributed by atoms with E-state index in [1.807, 2.05) is 0 Å². The monoisotopic (exact) mass is 190 g/mol. The van der Waals surface area contributed by atoms with Gasteiger partial charge in [0, 0.05) is 4.88 Å². The van der Waals surface area contributed by atoms with Gasteiger partial charge in [0.15, 0.2) is 6.10 Å². The summed E-state index contributed by atoms with van der Waals surface area (Å²) in [5.74, 6) is -3.25. The van der Waals surface area contributed by atoms with Gasteiger partial charge < -0.3 is 5.11 Å². The summed E-state index contributed by atoms with van der Waals surface area (Å²) in [4.78, 5) is 0.250. The molecule has 0 aromatic carbocycles. The maximum atomic E-state index is 12.7. The van der Waals surface area contributed by atoms with Crippen molar-refractivity contribution in [3.8, 4) is 0 Å². The number of aliphatic hydroxyl groups excluding tert-OH is 1. The van der Waals surface area contributed by atoms with E-state index in [2.05, 4.69) is 6.58 Å². The molecule has 1 N–H and O–H groups in total. The van der Waals surface area contributed by atoms with Gasteiger partial charge in [-0.15, -0.1) is 11.3 Å². The molecule has 4 heteroatoms. The van der Waals surface area contributed by atoms with Gasteiger partial charge in [-0.05, 0) is 17.5 Å². The lowest BCUT2D eigenvalue weighted by Crippen LogP contribution is -2.22. The maximum absolute atomic E-state index is 12.7. The second-order valence-corrected chi connectivity index (χ2v) is 3.28. The number of halogens is 2. The molecule has 0 saturated carbocycles. The van der Waals surface area contributed by atoms with E-state index in [9.17, 15) is 8.78 Å². The van der Waals surface area contributed by atoms with Crippen LogP contribution >= 0.6 is 11.3 Å². The van der Waals surface area contributed by atoms with Crippen LogP contribution in [0.25, 0.3) is 0 Å². The Morgan fingerprint density at radius 3 is 2.75 bits per heavy atom. The standard InChI is InChI=1S/C8H8F2OS/c1-2-8(9,10)7(11)6-4-3-5-12-6/h2-5,7,11H,1H2. The van der Waals surface area contributed by atoms with Gasteiger partial charge in [0.25, 0.3) is 5.92 Å². The number of thiophene rings is 1. The molecule has 1 aromatic rings. The molecule has 0 aliphatic carbocycles. The third-order valence-corrected chi connectivity index (χ3v) is 2.37. The van der Waals surface area contributed by atoms with Crippen molar-refractivity contribution < 1.29 is 13.9 Å². The van der Waals surface area contributed by atoms with Crippen LogP contribution in [-0.4, -0.2) is 11.0 Å². The van der Waals surface area contributed by atoms with Gasteiger partial charge in [0.05, 0.1) is 0 Å². The van der Waals surface area contributed by atoms with Crippen LogP contribution in [0.4, 0.5) is 8.78 Å². The number of hydrogen-bond donors (Lipinski definition) is 1. The zero-order valence-corrected chi connectivity index (χ0v) is 7.02. The summed E-state index contributed by atoms with van der Waals surface area (Å²) in [6, 6.07) is 3.08. The van der Waals surface area contributed by atoms with E-state index in [1.54, 1.807) is 11.4 Å². The Morgan fingerprint density at radius 1 is 1.67 bits per heavy atom. The van der Waals surface area contributed by atoms with E-state index >= 15 is 0 Å². The summed E-state index contributed by atoms with van der Waals surface area (Å²) in [6.45, 7) is 2.96. The number of aliphatic hydroxyl groups is 1. The van der Waals surface area contributed by atoms with Crippen LogP contribution in [0.5, 0.6) is 0 Å². The van der Waals surface area contributed by atoms with Crippen molar-refractivity contribution in [2.24, 2.45) is 0 Å². The van der Waals surface area contributed by atoms with Gasteiger partial charge in [-0.3, -0.25) is 0 Å². The molecule has 1 heterocycles. The molecule has 1 aromatic heterocycles. The van der Waals surface area contributed by atoms with Gasteiger partial charge >= 0.3 is 0 Å². The number of hydrogen-bond acceptors (Lipinski definition) is 2. The lowest BCUT2D eigenvalue weighted by atomic mass is 10.1. The summed E-state index contributed by atoms with van der Waals surface area (Å²) < 4.78 is 25.5. The zero-order valence-electron chi connectivity index (χ0n) is 6.21. The summed E-state index contributed by atoms with van der Waals surface area (Å²) in [6.07, 6.45) is -1.31. The molecule has 0 saturated heterocycles. The SMILES string of the molecule is C=CC(F)(F)C(O)c1cccs1. The van der Waals surface area contributed by atoms with E-state index in [-0.39, 0.29) is 4.88 Å². The predicted octanol–water partition coefficient (Wildman–Crippen LogP) is 2.60. The third kappa shape index (κ3) is 1.70. The topological polar surface area (TPSA) is 20.2 Å². The molecule has 1 rings (SSSR count). The van der Waals surface area contributed by atoms with Gasteiger partial charge in [-0.1, -0.05) is 12.6 Å². The highest BCUT2D eigenvalue weighted by Gasteiger charge is 2.36. The summed E-state index contributed by atoms with van der Waals surface area (Å²) in [5.41, 5.74) is 0.